The summed E-state index contributed by atoms with van der Waals surface area (Å²) in [5, 5.41) is 1.62. The predicted octanol–water partition coefficient (Wildman–Crippen LogP) is 1.05. The van der Waals surface area contributed by atoms with E-state index in [2.05, 4.69) is 4.72 Å². The Morgan fingerprint density at radius 1 is 1.56 bits per heavy atom. The van der Waals surface area contributed by atoms with Crippen molar-refractivity contribution in [1.29, 1.82) is 0 Å². The van der Waals surface area contributed by atoms with Crippen molar-refractivity contribution in [3.05, 3.63) is 16.3 Å². The van der Waals surface area contributed by atoms with E-state index in [9.17, 15) is 8.42 Å². The molecule has 0 bridgehead atoms. The minimum Gasteiger partial charge on any atom is -0.378 e. The fourth-order valence-electron chi connectivity index (χ4n) is 1.92. The van der Waals surface area contributed by atoms with Crippen LogP contribution in [-0.4, -0.2) is 27.7 Å². The Morgan fingerprint density at radius 3 is 3.00 bits per heavy atom. The average molecular weight is 290 g/mol. The molecule has 1 aliphatic rings. The fraction of sp³-hybridized carbons (Fsp3) is 0.636. The zero-order valence-corrected chi connectivity index (χ0v) is 11.7. The first-order valence-electron chi connectivity index (χ1n) is 6.00. The van der Waals surface area contributed by atoms with Crippen LogP contribution in [0.1, 0.15) is 24.1 Å². The van der Waals surface area contributed by atoms with Crippen molar-refractivity contribution in [3.63, 3.8) is 0 Å². The van der Waals surface area contributed by atoms with Gasteiger partial charge in [0.1, 0.15) is 0 Å². The molecule has 1 aromatic rings. The van der Waals surface area contributed by atoms with Crippen LogP contribution in [-0.2, 0) is 21.3 Å². The second-order valence-electron chi connectivity index (χ2n) is 4.27. The van der Waals surface area contributed by atoms with Crippen LogP contribution >= 0.6 is 11.3 Å². The summed E-state index contributed by atoms with van der Waals surface area (Å²) in [6.07, 6.45) is 3.03. The van der Waals surface area contributed by atoms with E-state index in [1.54, 1.807) is 11.4 Å². The van der Waals surface area contributed by atoms with Gasteiger partial charge < -0.3 is 10.5 Å². The summed E-state index contributed by atoms with van der Waals surface area (Å²) in [6.45, 7) is 1.58. The highest BCUT2D eigenvalue weighted by Gasteiger charge is 2.18. The monoisotopic (exact) mass is 290 g/mol. The highest BCUT2D eigenvalue weighted by atomic mass is 32.2. The largest absolute Gasteiger partial charge is 0.378 e. The molecule has 1 aliphatic heterocycles. The molecule has 1 fully saturated rings. The number of rotatable bonds is 6. The number of nitrogens with two attached hydrogens (primary N) is 1. The lowest BCUT2D eigenvalue weighted by atomic mass is 10.2. The number of thiophene rings is 1. The predicted molar refractivity (Wildman–Crippen MR) is 71.0 cm³/mol. The smallest absolute Gasteiger partial charge is 0.241 e. The molecule has 1 saturated heterocycles. The lowest BCUT2D eigenvalue weighted by Crippen LogP contribution is -2.26. The van der Waals surface area contributed by atoms with E-state index >= 15 is 0 Å². The molecule has 0 radical (unpaired) electrons. The molecule has 2 heterocycles. The van der Waals surface area contributed by atoms with Crippen LogP contribution in [0.25, 0.3) is 0 Å². The van der Waals surface area contributed by atoms with Crippen molar-refractivity contribution in [3.8, 4) is 0 Å². The Hall–Kier alpha value is -0.470. The highest BCUT2D eigenvalue weighted by molar-refractivity contribution is 7.89. The maximum atomic E-state index is 11.9. The van der Waals surface area contributed by atoms with Gasteiger partial charge in [0.15, 0.2) is 0 Å². The van der Waals surface area contributed by atoms with Crippen LogP contribution in [0.4, 0.5) is 0 Å². The molecule has 5 nitrogen and oxygen atoms in total. The molecule has 0 amide bonds. The molecule has 0 aliphatic carbocycles. The van der Waals surface area contributed by atoms with Gasteiger partial charge in [-0.25, -0.2) is 13.1 Å². The van der Waals surface area contributed by atoms with Crippen molar-refractivity contribution in [2.24, 2.45) is 5.73 Å². The summed E-state index contributed by atoms with van der Waals surface area (Å²) in [6, 6.07) is 1.62. The third kappa shape index (κ3) is 3.52. The van der Waals surface area contributed by atoms with Crippen LogP contribution in [0.3, 0.4) is 0 Å². The zero-order valence-electron chi connectivity index (χ0n) is 10.1. The van der Waals surface area contributed by atoms with Crippen LogP contribution in [0.2, 0.25) is 0 Å². The standard InChI is InChI=1S/C11H18N2O3S2/c12-7-10-6-11(8-17-10)18(14,15)13-4-3-9-2-1-5-16-9/h6,8-9,13H,1-5,7,12H2. The number of sulfonamides is 1. The average Bonchev–Trinajstić information content (AvgIpc) is 2.99. The van der Waals surface area contributed by atoms with Crippen molar-refractivity contribution in [1.82, 2.24) is 4.72 Å². The van der Waals surface area contributed by atoms with Crippen LogP contribution in [0, 0.1) is 0 Å². The lowest BCUT2D eigenvalue weighted by Gasteiger charge is -2.09. The van der Waals surface area contributed by atoms with Gasteiger partial charge in [-0.3, -0.25) is 0 Å². The number of hydrogen-bond acceptors (Lipinski definition) is 5. The van der Waals surface area contributed by atoms with Crippen molar-refractivity contribution >= 4 is 21.4 Å². The molecule has 1 atom stereocenters. The first-order valence-corrected chi connectivity index (χ1v) is 8.37. The van der Waals surface area contributed by atoms with Gasteiger partial charge in [0.05, 0.1) is 11.0 Å². The van der Waals surface area contributed by atoms with E-state index < -0.39 is 10.0 Å². The van der Waals surface area contributed by atoms with Crippen LogP contribution < -0.4 is 10.5 Å². The van der Waals surface area contributed by atoms with Gasteiger partial charge in [-0.05, 0) is 25.3 Å². The first-order chi connectivity index (χ1) is 8.62. The molecule has 3 N–H and O–H groups in total. The minimum absolute atomic E-state index is 0.203. The summed E-state index contributed by atoms with van der Waals surface area (Å²) in [7, 11) is -3.39. The molecular weight excluding hydrogens is 272 g/mol. The highest BCUT2D eigenvalue weighted by Crippen LogP contribution is 2.19. The van der Waals surface area contributed by atoms with Gasteiger partial charge >= 0.3 is 0 Å². The molecule has 18 heavy (non-hydrogen) atoms. The van der Waals surface area contributed by atoms with E-state index in [1.807, 2.05) is 0 Å². The molecule has 0 aromatic carbocycles. The van der Waals surface area contributed by atoms with E-state index in [4.69, 9.17) is 10.5 Å². The molecule has 2 rings (SSSR count). The molecule has 1 aromatic heterocycles. The first kappa shape index (κ1) is 14.0. The Morgan fingerprint density at radius 2 is 2.39 bits per heavy atom. The molecular formula is C11H18N2O3S2. The Kier molecular flexibility index (Phi) is 4.74. The Balaban J connectivity index is 1.86. The topological polar surface area (TPSA) is 81.4 Å². The van der Waals surface area contributed by atoms with E-state index in [0.717, 1.165) is 30.7 Å². The maximum Gasteiger partial charge on any atom is 0.241 e. The summed E-state index contributed by atoms with van der Waals surface area (Å²) < 4.78 is 31.9. The normalized spacial score (nSPS) is 20.4. The SMILES string of the molecule is NCc1cc(S(=O)(=O)NCCC2CCCO2)cs1. The summed E-state index contributed by atoms with van der Waals surface area (Å²) >= 11 is 1.37. The summed E-state index contributed by atoms with van der Waals surface area (Å²) in [5.41, 5.74) is 5.47. The van der Waals surface area contributed by atoms with Gasteiger partial charge in [0.2, 0.25) is 10.0 Å². The molecule has 1 unspecified atom stereocenters. The molecule has 0 saturated carbocycles. The molecule has 0 spiro atoms. The third-order valence-corrected chi connectivity index (χ3v) is 5.47. The van der Waals surface area contributed by atoms with E-state index in [1.165, 1.54) is 11.3 Å². The maximum absolute atomic E-state index is 11.9. The number of nitrogens with one attached hydrogen (secondary N) is 1. The van der Waals surface area contributed by atoms with Crippen molar-refractivity contribution in [2.45, 2.75) is 36.8 Å². The lowest BCUT2D eigenvalue weighted by molar-refractivity contribution is 0.105. The van der Waals surface area contributed by atoms with Gasteiger partial charge in [0, 0.05) is 30.0 Å². The molecule has 7 heteroatoms. The quantitative estimate of drug-likeness (QED) is 0.820. The minimum atomic E-state index is -3.39. The zero-order chi connectivity index (χ0) is 13.0. The summed E-state index contributed by atoms with van der Waals surface area (Å²) in [4.78, 5) is 1.18. The van der Waals surface area contributed by atoms with E-state index in [-0.39, 0.29) is 6.10 Å². The van der Waals surface area contributed by atoms with Crippen LogP contribution in [0.5, 0.6) is 0 Å². The summed E-state index contributed by atoms with van der Waals surface area (Å²) in [5.74, 6) is 0. The van der Waals surface area contributed by atoms with Crippen LogP contribution in [0.15, 0.2) is 16.3 Å². The van der Waals surface area contributed by atoms with E-state index in [0.29, 0.717) is 18.0 Å². The second-order valence-corrected chi connectivity index (χ2v) is 7.04. The van der Waals surface area contributed by atoms with Crippen molar-refractivity contribution < 1.29 is 13.2 Å². The fourth-order valence-corrected chi connectivity index (χ4v) is 4.12. The number of hydrogen-bond donors (Lipinski definition) is 2. The number of ether oxygens (including phenoxy) is 1. The van der Waals surface area contributed by atoms with Gasteiger partial charge in [0.25, 0.3) is 0 Å². The second kappa shape index (κ2) is 6.12. The molecule has 102 valence electrons. The van der Waals surface area contributed by atoms with Gasteiger partial charge in [-0.15, -0.1) is 11.3 Å². The third-order valence-electron chi connectivity index (χ3n) is 2.92. The Bertz CT molecular complexity index is 478. The van der Waals surface area contributed by atoms with Gasteiger partial charge in [-0.1, -0.05) is 0 Å². The van der Waals surface area contributed by atoms with Gasteiger partial charge in [-0.2, -0.15) is 0 Å². The Labute approximate surface area is 111 Å². The van der Waals surface area contributed by atoms with Crippen molar-refractivity contribution in [2.75, 3.05) is 13.2 Å².